The van der Waals surface area contributed by atoms with Gasteiger partial charge in [-0.25, -0.2) is 13.6 Å². The van der Waals surface area contributed by atoms with Crippen LogP contribution in [0.15, 0.2) is 60.9 Å². The molecule has 1 fully saturated rings. The van der Waals surface area contributed by atoms with Gasteiger partial charge in [-0.3, -0.25) is 24.0 Å². The van der Waals surface area contributed by atoms with E-state index < -0.39 is 60.3 Å². The molecular formula is C30H27F5N6O4. The molecule has 10 nitrogen and oxygen atoms in total. The van der Waals surface area contributed by atoms with E-state index >= 15 is 4.39 Å². The van der Waals surface area contributed by atoms with Gasteiger partial charge in [0.2, 0.25) is 11.8 Å². The van der Waals surface area contributed by atoms with Crippen molar-refractivity contribution in [2.75, 3.05) is 20.6 Å². The molecule has 236 valence electrons. The number of carbonyl (C=O) groups is 4. The molecule has 1 spiro atoms. The summed E-state index contributed by atoms with van der Waals surface area (Å²) in [5.41, 5.74) is -0.731. The average molecular weight is 631 g/mol. The third-order valence-electron chi connectivity index (χ3n) is 7.76. The van der Waals surface area contributed by atoms with E-state index in [9.17, 15) is 36.7 Å². The Kier molecular flexibility index (Phi) is 7.97. The van der Waals surface area contributed by atoms with Gasteiger partial charge in [0.1, 0.15) is 30.8 Å². The van der Waals surface area contributed by atoms with E-state index in [1.54, 1.807) is 26.4 Å². The van der Waals surface area contributed by atoms with Crippen molar-refractivity contribution >= 4 is 29.6 Å². The fourth-order valence-electron chi connectivity index (χ4n) is 5.14. The first-order valence-corrected chi connectivity index (χ1v) is 13.6. The van der Waals surface area contributed by atoms with Gasteiger partial charge in [0.15, 0.2) is 5.54 Å². The topological polar surface area (TPSA) is 108 Å². The maximum Gasteiger partial charge on any atom is 0.408 e. The van der Waals surface area contributed by atoms with Crippen LogP contribution in [0.25, 0.3) is 17.0 Å². The quantitative estimate of drug-likeness (QED) is 0.301. The molecule has 0 radical (unpaired) electrons. The molecule has 3 aromatic rings. The summed E-state index contributed by atoms with van der Waals surface area (Å²) in [6, 6.07) is 5.50. The maximum atomic E-state index is 15.3. The number of hydrogen-bond donors (Lipinski definition) is 1. The highest BCUT2D eigenvalue weighted by atomic mass is 19.4. The lowest BCUT2D eigenvalue weighted by molar-refractivity contribution is -0.187. The van der Waals surface area contributed by atoms with Gasteiger partial charge in [-0.2, -0.15) is 18.3 Å². The Balaban J connectivity index is 1.39. The van der Waals surface area contributed by atoms with Gasteiger partial charge in [-0.1, -0.05) is 24.3 Å². The first-order valence-electron chi connectivity index (χ1n) is 13.6. The molecule has 5 rings (SSSR count). The summed E-state index contributed by atoms with van der Waals surface area (Å²) in [6.45, 7) is -0.897. The number of likely N-dealkylation sites (N-methyl/N-ethyl adjacent to an activating group) is 1. The van der Waals surface area contributed by atoms with Crippen LogP contribution >= 0.6 is 0 Å². The molecule has 1 saturated heterocycles. The molecule has 1 aromatic heterocycles. The Morgan fingerprint density at radius 3 is 2.33 bits per heavy atom. The smallest absolute Gasteiger partial charge is 0.347 e. The van der Waals surface area contributed by atoms with Gasteiger partial charge in [-0.15, -0.1) is 0 Å². The molecule has 15 heteroatoms. The van der Waals surface area contributed by atoms with Crippen molar-refractivity contribution in [3.8, 4) is 11.1 Å². The molecule has 45 heavy (non-hydrogen) atoms. The number of nitrogens with zero attached hydrogens (tertiary/aromatic N) is 5. The predicted molar refractivity (Wildman–Crippen MR) is 150 cm³/mol. The van der Waals surface area contributed by atoms with Gasteiger partial charge >= 0.3 is 12.2 Å². The van der Waals surface area contributed by atoms with E-state index in [1.165, 1.54) is 40.0 Å². The average Bonchev–Trinajstić information content (AvgIpc) is 3.62. The summed E-state index contributed by atoms with van der Waals surface area (Å²) >= 11 is 0. The van der Waals surface area contributed by atoms with Crippen molar-refractivity contribution in [2.24, 2.45) is 0 Å². The molecule has 2 aromatic carbocycles. The summed E-state index contributed by atoms with van der Waals surface area (Å²) in [6.07, 6.45) is -0.891. The second kappa shape index (κ2) is 11.4. The lowest BCUT2D eigenvalue weighted by atomic mass is 9.90. The summed E-state index contributed by atoms with van der Waals surface area (Å²) in [4.78, 5) is 54.1. The number of amides is 5. The number of nitrogens with one attached hydrogen (secondary N) is 1. The van der Waals surface area contributed by atoms with Crippen molar-refractivity contribution in [3.63, 3.8) is 0 Å². The fourth-order valence-corrected chi connectivity index (χ4v) is 5.14. The van der Waals surface area contributed by atoms with Crippen molar-refractivity contribution in [2.45, 2.75) is 37.8 Å². The normalized spacial score (nSPS) is 18.1. The zero-order valence-corrected chi connectivity index (χ0v) is 24.2. The highest BCUT2D eigenvalue weighted by Crippen LogP contribution is 2.44. The molecule has 0 unspecified atom stereocenters. The number of hydrogen-bond acceptors (Lipinski definition) is 5. The lowest BCUT2D eigenvalue weighted by Crippen LogP contribution is -2.51. The summed E-state index contributed by atoms with van der Waals surface area (Å²) in [7, 11) is 3.21. The van der Waals surface area contributed by atoms with Gasteiger partial charge in [0, 0.05) is 43.5 Å². The van der Waals surface area contributed by atoms with Crippen LogP contribution in [0.5, 0.6) is 0 Å². The molecule has 0 saturated carbocycles. The van der Waals surface area contributed by atoms with Crippen molar-refractivity contribution in [3.05, 3.63) is 83.4 Å². The maximum absolute atomic E-state index is 15.3. The van der Waals surface area contributed by atoms with E-state index in [1.807, 2.05) is 0 Å². The Labute approximate surface area is 253 Å². The third-order valence-corrected chi connectivity index (χ3v) is 7.76. The van der Waals surface area contributed by atoms with Crippen molar-refractivity contribution in [1.29, 1.82) is 0 Å². The first kappa shape index (κ1) is 31.3. The van der Waals surface area contributed by atoms with Crippen LogP contribution in [0.4, 0.5) is 26.7 Å². The van der Waals surface area contributed by atoms with E-state index in [-0.39, 0.29) is 29.1 Å². The summed E-state index contributed by atoms with van der Waals surface area (Å²) < 4.78 is 71.2. The van der Waals surface area contributed by atoms with E-state index in [0.717, 1.165) is 25.1 Å². The zero-order chi connectivity index (χ0) is 32.8. The SMILES string of the molecule is C[C@H](N(Cc1ccc(F)cc1)C(=O)CN1C(=O)N[C@]2(C=C(F)c3cc(-c4cnn(CC(=O)N(C)C)c4)ccc32)C1=O)C(F)(F)F. The van der Waals surface area contributed by atoms with Crippen molar-refractivity contribution in [1.82, 2.24) is 29.8 Å². The van der Waals surface area contributed by atoms with Crippen LogP contribution in [0, 0.1) is 5.82 Å². The molecule has 1 aliphatic heterocycles. The van der Waals surface area contributed by atoms with Crippen LogP contribution in [0.3, 0.4) is 0 Å². The summed E-state index contributed by atoms with van der Waals surface area (Å²) in [5, 5.41) is 6.55. The fraction of sp³-hybridized carbons (Fsp3) is 0.300. The predicted octanol–water partition coefficient (Wildman–Crippen LogP) is 3.83. The number of rotatable bonds is 8. The van der Waals surface area contributed by atoms with Crippen LogP contribution in [-0.4, -0.2) is 81.1 Å². The highest BCUT2D eigenvalue weighted by Gasteiger charge is 2.56. The van der Waals surface area contributed by atoms with Gasteiger partial charge in [0.25, 0.3) is 5.91 Å². The highest BCUT2D eigenvalue weighted by molar-refractivity contribution is 6.12. The Hall–Kier alpha value is -5.08. The second-order valence-corrected chi connectivity index (χ2v) is 11.0. The van der Waals surface area contributed by atoms with Gasteiger partial charge in [0.05, 0.1) is 6.20 Å². The van der Waals surface area contributed by atoms with E-state index in [2.05, 4.69) is 10.4 Å². The number of aromatic nitrogens is 2. The number of alkyl halides is 3. The van der Waals surface area contributed by atoms with Crippen LogP contribution in [-0.2, 0) is 33.0 Å². The Morgan fingerprint density at radius 2 is 1.69 bits per heavy atom. The molecule has 1 N–H and O–H groups in total. The van der Waals surface area contributed by atoms with Gasteiger partial charge < -0.3 is 15.1 Å². The zero-order valence-electron chi connectivity index (χ0n) is 24.2. The monoisotopic (exact) mass is 630 g/mol. The molecule has 0 bridgehead atoms. The minimum Gasteiger partial charge on any atom is -0.347 e. The number of benzene rings is 2. The molecule has 5 amide bonds. The molecule has 2 aliphatic rings. The number of fused-ring (bicyclic) bond motifs is 2. The van der Waals surface area contributed by atoms with Crippen LogP contribution in [0.1, 0.15) is 23.6 Å². The first-order chi connectivity index (χ1) is 21.1. The Morgan fingerprint density at radius 1 is 1.00 bits per heavy atom. The molecule has 2 atom stereocenters. The summed E-state index contributed by atoms with van der Waals surface area (Å²) in [5.74, 6) is -3.90. The standard InChI is InChI=1S/C30H27F5N6O4/c1-17(30(33,34)35)40(13-18-4-7-21(31)8-5-18)26(43)16-41-27(44)29(37-28(41)45)11-24(32)22-10-19(6-9-23(22)29)20-12-36-39(14-20)15-25(42)38(2)3/h4-12,14,17H,13,15-16H2,1-3H3,(H,37,45)/t17-,29-/m0/s1. The number of halogens is 5. The molecule has 1 aliphatic carbocycles. The molecule has 2 heterocycles. The number of imide groups is 1. The molecular weight excluding hydrogens is 603 g/mol. The largest absolute Gasteiger partial charge is 0.408 e. The third kappa shape index (κ3) is 5.89. The van der Waals surface area contributed by atoms with E-state index in [0.29, 0.717) is 20.9 Å². The van der Waals surface area contributed by atoms with E-state index in [4.69, 9.17) is 0 Å². The number of urea groups is 1. The van der Waals surface area contributed by atoms with Gasteiger partial charge in [-0.05, 0) is 42.3 Å². The Bertz CT molecular complexity index is 1720. The minimum atomic E-state index is -4.85. The van der Waals surface area contributed by atoms with Crippen molar-refractivity contribution < 1.29 is 41.1 Å². The van der Waals surface area contributed by atoms with Crippen LogP contribution in [0.2, 0.25) is 0 Å². The van der Waals surface area contributed by atoms with Crippen LogP contribution < -0.4 is 5.32 Å². The number of carbonyl (C=O) groups excluding carboxylic acids is 4. The minimum absolute atomic E-state index is 0.0184. The lowest BCUT2D eigenvalue weighted by Gasteiger charge is -2.32. The second-order valence-electron chi connectivity index (χ2n) is 11.0.